The molecule has 0 atom stereocenters. The molecule has 0 fully saturated rings. The Bertz CT molecular complexity index is 712. The molecule has 0 bridgehead atoms. The lowest BCUT2D eigenvalue weighted by atomic mass is 10.2. The average Bonchev–Trinajstić information content (AvgIpc) is 2.54. The topological polar surface area (TPSA) is 26.3 Å². The third-order valence-electron chi connectivity index (χ3n) is 2.58. The van der Waals surface area contributed by atoms with Gasteiger partial charge in [0.2, 0.25) is 34.8 Å². The van der Waals surface area contributed by atoms with E-state index in [4.69, 9.17) is 0 Å². The van der Waals surface area contributed by atoms with Crippen molar-refractivity contribution in [1.82, 2.24) is 0 Å². The van der Waals surface area contributed by atoms with Gasteiger partial charge in [0.15, 0.2) is 0 Å². The van der Waals surface area contributed by atoms with Crippen LogP contribution in [0.25, 0.3) is 6.08 Å². The molecule has 0 aliphatic rings. The van der Waals surface area contributed by atoms with Gasteiger partial charge < -0.3 is 4.74 Å². The van der Waals surface area contributed by atoms with Gasteiger partial charge in [0.1, 0.15) is 0 Å². The molecule has 2 aromatic carbocycles. The summed E-state index contributed by atoms with van der Waals surface area (Å²) in [7, 11) is 0. The van der Waals surface area contributed by atoms with Crippen LogP contribution in [0, 0.1) is 29.1 Å². The van der Waals surface area contributed by atoms with Gasteiger partial charge in [0.05, 0.1) is 0 Å². The van der Waals surface area contributed by atoms with E-state index in [0.29, 0.717) is 5.56 Å². The van der Waals surface area contributed by atoms with Crippen LogP contribution >= 0.6 is 0 Å². The first-order chi connectivity index (χ1) is 10.4. The smallest absolute Gasteiger partial charge is 0.336 e. The van der Waals surface area contributed by atoms with Crippen molar-refractivity contribution in [1.29, 1.82) is 0 Å². The summed E-state index contributed by atoms with van der Waals surface area (Å²) < 4.78 is 69.5. The van der Waals surface area contributed by atoms with Gasteiger partial charge in [-0.1, -0.05) is 30.3 Å². The molecule has 2 rings (SSSR count). The number of esters is 1. The maximum atomic E-state index is 13.3. The van der Waals surface area contributed by atoms with Crippen LogP contribution in [0.1, 0.15) is 5.56 Å². The fourth-order valence-electron chi connectivity index (χ4n) is 1.54. The van der Waals surface area contributed by atoms with Crippen LogP contribution in [0.5, 0.6) is 5.75 Å². The van der Waals surface area contributed by atoms with Crippen molar-refractivity contribution in [3.8, 4) is 5.75 Å². The maximum Gasteiger partial charge on any atom is 0.336 e. The Hall–Kier alpha value is -2.70. The van der Waals surface area contributed by atoms with Crippen molar-refractivity contribution in [3.05, 3.63) is 71.1 Å². The first kappa shape index (κ1) is 15.7. The summed E-state index contributed by atoms with van der Waals surface area (Å²) in [5.74, 6) is -14.0. The lowest BCUT2D eigenvalue weighted by molar-refractivity contribution is -0.129. The number of hydrogen-bond donors (Lipinski definition) is 0. The molecule has 2 nitrogen and oxygen atoms in total. The summed E-state index contributed by atoms with van der Waals surface area (Å²) in [6, 6.07) is 8.33. The van der Waals surface area contributed by atoms with Gasteiger partial charge >= 0.3 is 5.97 Å². The summed E-state index contributed by atoms with van der Waals surface area (Å²) in [4.78, 5) is 11.4. The zero-order valence-corrected chi connectivity index (χ0v) is 10.7. The summed E-state index contributed by atoms with van der Waals surface area (Å²) in [6.07, 6.45) is 2.06. The first-order valence-electron chi connectivity index (χ1n) is 5.88. The number of carbonyl (C=O) groups excluding carboxylic acids is 1. The van der Waals surface area contributed by atoms with E-state index in [1.54, 1.807) is 30.3 Å². The van der Waals surface area contributed by atoms with Crippen LogP contribution in [-0.2, 0) is 4.79 Å². The van der Waals surface area contributed by atoms with E-state index in [1.807, 2.05) is 0 Å². The van der Waals surface area contributed by atoms with Gasteiger partial charge in [-0.3, -0.25) is 0 Å². The summed E-state index contributed by atoms with van der Waals surface area (Å²) >= 11 is 0. The number of ether oxygens (including phenoxy) is 1. The standard InChI is InChI=1S/C15H7F5O2/c16-10-11(17)13(19)15(14(20)12(10)18)22-9(21)7-6-8-4-2-1-3-5-8/h1-7H. The number of rotatable bonds is 3. The van der Waals surface area contributed by atoms with Crippen LogP contribution in [-0.4, -0.2) is 5.97 Å². The Morgan fingerprint density at radius 2 is 1.32 bits per heavy atom. The predicted octanol–water partition coefficient (Wildman–Crippen LogP) is 4.00. The highest BCUT2D eigenvalue weighted by atomic mass is 19.2. The highest BCUT2D eigenvalue weighted by molar-refractivity contribution is 5.88. The quantitative estimate of drug-likeness (QED) is 0.214. The molecule has 7 heteroatoms. The van der Waals surface area contributed by atoms with Crippen LogP contribution in [0.4, 0.5) is 22.0 Å². The number of hydrogen-bond acceptors (Lipinski definition) is 2. The van der Waals surface area contributed by atoms with Crippen LogP contribution < -0.4 is 4.74 Å². The second-order valence-electron chi connectivity index (χ2n) is 4.06. The fourth-order valence-corrected chi connectivity index (χ4v) is 1.54. The molecular formula is C15H7F5O2. The summed E-state index contributed by atoms with van der Waals surface area (Å²) in [5, 5.41) is 0. The Labute approximate surface area is 121 Å². The molecule has 22 heavy (non-hydrogen) atoms. The van der Waals surface area contributed by atoms with E-state index < -0.39 is 40.8 Å². The Balaban J connectivity index is 2.24. The molecule has 0 aliphatic carbocycles. The summed E-state index contributed by atoms with van der Waals surface area (Å²) in [6.45, 7) is 0. The van der Waals surface area contributed by atoms with Crippen LogP contribution in [0.15, 0.2) is 36.4 Å². The maximum absolute atomic E-state index is 13.3. The van der Waals surface area contributed by atoms with Crippen molar-refractivity contribution < 1.29 is 31.5 Å². The minimum atomic E-state index is -2.32. The zero-order valence-electron chi connectivity index (χ0n) is 10.7. The van der Waals surface area contributed by atoms with Crippen LogP contribution in [0.2, 0.25) is 0 Å². The molecule has 2 aromatic rings. The third-order valence-corrected chi connectivity index (χ3v) is 2.58. The van der Waals surface area contributed by atoms with Gasteiger partial charge in [0, 0.05) is 6.08 Å². The van der Waals surface area contributed by atoms with E-state index in [0.717, 1.165) is 6.08 Å². The average molecular weight is 314 g/mol. The molecular weight excluding hydrogens is 307 g/mol. The monoisotopic (exact) mass is 314 g/mol. The molecule has 0 amide bonds. The van der Waals surface area contributed by atoms with Crippen molar-refractivity contribution in [2.24, 2.45) is 0 Å². The van der Waals surface area contributed by atoms with Crippen molar-refractivity contribution in [3.63, 3.8) is 0 Å². The van der Waals surface area contributed by atoms with Gasteiger partial charge in [-0.05, 0) is 11.6 Å². The van der Waals surface area contributed by atoms with Gasteiger partial charge in [0.25, 0.3) is 0 Å². The molecule has 0 aromatic heterocycles. The number of halogens is 5. The van der Waals surface area contributed by atoms with E-state index in [-0.39, 0.29) is 0 Å². The number of carbonyl (C=O) groups is 1. The van der Waals surface area contributed by atoms with Crippen LogP contribution in [0.3, 0.4) is 0 Å². The highest BCUT2D eigenvalue weighted by Crippen LogP contribution is 2.29. The van der Waals surface area contributed by atoms with E-state index in [2.05, 4.69) is 4.74 Å². The van der Waals surface area contributed by atoms with E-state index in [9.17, 15) is 26.7 Å². The fraction of sp³-hybridized carbons (Fsp3) is 0. The zero-order chi connectivity index (χ0) is 16.3. The van der Waals surface area contributed by atoms with E-state index in [1.165, 1.54) is 6.08 Å². The molecule has 0 radical (unpaired) electrons. The van der Waals surface area contributed by atoms with Crippen molar-refractivity contribution >= 4 is 12.0 Å². The third kappa shape index (κ3) is 3.13. The second kappa shape index (κ2) is 6.38. The van der Waals surface area contributed by atoms with E-state index >= 15 is 0 Å². The molecule has 0 heterocycles. The minimum absolute atomic E-state index is 0.580. The van der Waals surface area contributed by atoms with Crippen molar-refractivity contribution in [2.75, 3.05) is 0 Å². The van der Waals surface area contributed by atoms with Crippen molar-refractivity contribution in [2.45, 2.75) is 0 Å². The molecule has 0 spiro atoms. The lowest BCUT2D eigenvalue weighted by Crippen LogP contribution is -2.11. The van der Waals surface area contributed by atoms with Gasteiger partial charge in [-0.25, -0.2) is 18.0 Å². The van der Waals surface area contributed by atoms with Gasteiger partial charge in [-0.2, -0.15) is 8.78 Å². The molecule has 0 unspecified atom stereocenters. The first-order valence-corrected chi connectivity index (χ1v) is 5.88. The summed E-state index contributed by atoms with van der Waals surface area (Å²) in [5.41, 5.74) is 0.580. The SMILES string of the molecule is O=C(C=Cc1ccccc1)Oc1c(F)c(F)c(F)c(F)c1F. The minimum Gasteiger partial charge on any atom is -0.417 e. The molecule has 114 valence electrons. The molecule has 0 N–H and O–H groups in total. The molecule has 0 saturated carbocycles. The molecule has 0 saturated heterocycles. The predicted molar refractivity (Wildman–Crippen MR) is 67.3 cm³/mol. The normalized spacial score (nSPS) is 11.0. The Morgan fingerprint density at radius 1 is 0.818 bits per heavy atom. The number of benzene rings is 2. The van der Waals surface area contributed by atoms with Gasteiger partial charge in [-0.15, -0.1) is 0 Å². The Kier molecular flexibility index (Phi) is 4.55. The molecule has 0 aliphatic heterocycles. The highest BCUT2D eigenvalue weighted by Gasteiger charge is 2.28. The lowest BCUT2D eigenvalue weighted by Gasteiger charge is -2.07. The second-order valence-corrected chi connectivity index (χ2v) is 4.06. The Morgan fingerprint density at radius 3 is 1.86 bits per heavy atom. The largest absolute Gasteiger partial charge is 0.417 e.